The zero-order valence-electron chi connectivity index (χ0n) is 3.91. The smallest absolute Gasteiger partial charge is 0.0833 e. The third-order valence-electron chi connectivity index (χ3n) is 2.12. The van der Waals surface area contributed by atoms with E-state index in [0.29, 0.717) is 11.8 Å². The second kappa shape index (κ2) is 0.858. The Balaban J connectivity index is 2.09. The van der Waals surface area contributed by atoms with Crippen LogP contribution in [0.3, 0.4) is 0 Å². The number of hydrogen-bond acceptors (Lipinski definition) is 2. The van der Waals surface area contributed by atoms with Crippen molar-refractivity contribution in [1.29, 1.82) is 0 Å². The van der Waals surface area contributed by atoms with E-state index in [1.807, 2.05) is 0 Å². The molecule has 2 nitrogen and oxygen atoms in total. The lowest BCUT2D eigenvalue weighted by atomic mass is 9.93. The highest BCUT2D eigenvalue weighted by atomic mass is 16.3. The molecule has 2 heteroatoms. The fourth-order valence-electron chi connectivity index (χ4n) is 1.38. The summed E-state index contributed by atoms with van der Waals surface area (Å²) in [4.78, 5) is 0. The Hall–Kier alpha value is -0.0800. The largest absolute Gasteiger partial charge is 0.390 e. The molecule has 4 atom stereocenters. The van der Waals surface area contributed by atoms with Gasteiger partial charge in [0.25, 0.3) is 0 Å². The molecule has 0 aromatic heterocycles. The number of aliphatic hydroxyl groups is 2. The van der Waals surface area contributed by atoms with E-state index >= 15 is 0 Å². The van der Waals surface area contributed by atoms with Crippen molar-refractivity contribution in [2.45, 2.75) is 18.6 Å². The van der Waals surface area contributed by atoms with E-state index < -0.39 is 0 Å². The molecule has 0 saturated heterocycles. The average molecular weight is 100 g/mol. The maximum absolute atomic E-state index is 8.78. The summed E-state index contributed by atoms with van der Waals surface area (Å²) in [6.07, 6.45) is 0.317. The Morgan fingerprint density at radius 2 is 1.43 bits per heavy atom. The van der Waals surface area contributed by atoms with Crippen molar-refractivity contribution in [3.05, 3.63) is 0 Å². The normalized spacial score (nSPS) is 66.0. The molecule has 1 unspecified atom stereocenters. The Labute approximate surface area is 41.8 Å². The fourth-order valence-corrected chi connectivity index (χ4v) is 1.38. The lowest BCUT2D eigenvalue weighted by Crippen LogP contribution is -2.39. The second-order valence-corrected chi connectivity index (χ2v) is 2.54. The van der Waals surface area contributed by atoms with Crippen LogP contribution in [0.2, 0.25) is 0 Å². The topological polar surface area (TPSA) is 40.5 Å². The molecule has 7 heavy (non-hydrogen) atoms. The van der Waals surface area contributed by atoms with Gasteiger partial charge in [0.2, 0.25) is 0 Å². The summed E-state index contributed by atoms with van der Waals surface area (Å²) < 4.78 is 0. The van der Waals surface area contributed by atoms with E-state index in [1.165, 1.54) is 0 Å². The quantitative estimate of drug-likeness (QED) is 0.425. The van der Waals surface area contributed by atoms with Gasteiger partial charge < -0.3 is 10.2 Å². The van der Waals surface area contributed by atoms with Crippen molar-refractivity contribution in [2.24, 2.45) is 11.8 Å². The van der Waals surface area contributed by atoms with Crippen LogP contribution in [0.1, 0.15) is 6.42 Å². The highest BCUT2D eigenvalue weighted by molar-refractivity contribution is 5.09. The first-order valence-corrected chi connectivity index (χ1v) is 2.67. The van der Waals surface area contributed by atoms with Crippen molar-refractivity contribution in [2.75, 3.05) is 0 Å². The first-order chi connectivity index (χ1) is 3.30. The summed E-state index contributed by atoms with van der Waals surface area (Å²) in [7, 11) is 0. The van der Waals surface area contributed by atoms with Crippen LogP contribution in [-0.2, 0) is 0 Å². The maximum atomic E-state index is 8.78. The van der Waals surface area contributed by atoms with Gasteiger partial charge >= 0.3 is 0 Å². The SMILES string of the molecule is OC1[C@@H](O)[C@H]2C[C@@H]12. The van der Waals surface area contributed by atoms with Gasteiger partial charge in [-0.1, -0.05) is 0 Å². The van der Waals surface area contributed by atoms with E-state index in [4.69, 9.17) is 10.2 Å². The van der Waals surface area contributed by atoms with Crippen LogP contribution in [-0.4, -0.2) is 22.4 Å². The molecule has 0 aliphatic heterocycles. The predicted molar refractivity (Wildman–Crippen MR) is 23.6 cm³/mol. The summed E-state index contributed by atoms with van der Waals surface area (Å²) in [5, 5.41) is 17.6. The number of aliphatic hydroxyl groups excluding tert-OH is 2. The van der Waals surface area contributed by atoms with Gasteiger partial charge in [-0.05, 0) is 18.3 Å². The lowest BCUT2D eigenvalue weighted by molar-refractivity contribution is -0.0629. The predicted octanol–water partition coefficient (Wildman–Crippen LogP) is -0.642. The number of hydrogen-bond donors (Lipinski definition) is 2. The first-order valence-electron chi connectivity index (χ1n) is 2.67. The summed E-state index contributed by atoms with van der Waals surface area (Å²) >= 11 is 0. The van der Waals surface area contributed by atoms with Gasteiger partial charge in [0.1, 0.15) is 0 Å². The average Bonchev–Trinajstić information content (AvgIpc) is 2.39. The molecule has 0 heterocycles. The van der Waals surface area contributed by atoms with Crippen molar-refractivity contribution in [3.63, 3.8) is 0 Å². The second-order valence-electron chi connectivity index (χ2n) is 2.54. The van der Waals surface area contributed by atoms with Crippen molar-refractivity contribution < 1.29 is 10.2 Å². The molecular weight excluding hydrogens is 92.1 g/mol. The number of rotatable bonds is 0. The van der Waals surface area contributed by atoms with E-state index in [1.54, 1.807) is 0 Å². The van der Waals surface area contributed by atoms with E-state index in [-0.39, 0.29) is 12.2 Å². The fraction of sp³-hybridized carbons (Fsp3) is 1.00. The third kappa shape index (κ3) is 0.283. The Morgan fingerprint density at radius 1 is 1.00 bits per heavy atom. The Kier molecular flexibility index (Phi) is 0.474. The van der Waals surface area contributed by atoms with Gasteiger partial charge in [0, 0.05) is 0 Å². The van der Waals surface area contributed by atoms with Gasteiger partial charge in [-0.2, -0.15) is 0 Å². The molecule has 0 amide bonds. The highest BCUT2D eigenvalue weighted by Gasteiger charge is 2.60. The standard InChI is InChI=1S/C5H8O2/c6-4-2-1-3(2)5(4)7/h2-7H,1H2/t2-,3+,4-,5?/m0/s1. The van der Waals surface area contributed by atoms with Crippen LogP contribution in [0.25, 0.3) is 0 Å². The lowest BCUT2D eigenvalue weighted by Gasteiger charge is -2.25. The summed E-state index contributed by atoms with van der Waals surface area (Å²) in [5.74, 6) is 0.963. The number of fused-ring (bicyclic) bond motifs is 1. The summed E-state index contributed by atoms with van der Waals surface area (Å²) in [5.41, 5.74) is 0. The van der Waals surface area contributed by atoms with Crippen LogP contribution in [0.4, 0.5) is 0 Å². The zero-order chi connectivity index (χ0) is 5.02. The molecule has 2 N–H and O–H groups in total. The van der Waals surface area contributed by atoms with E-state index in [9.17, 15) is 0 Å². The molecule has 0 spiro atoms. The van der Waals surface area contributed by atoms with Crippen molar-refractivity contribution in [1.82, 2.24) is 0 Å². The van der Waals surface area contributed by atoms with Crippen molar-refractivity contribution in [3.8, 4) is 0 Å². The minimum atomic E-state index is -0.370. The molecule has 0 bridgehead atoms. The molecule has 40 valence electrons. The molecular formula is C5H8O2. The van der Waals surface area contributed by atoms with Gasteiger partial charge in [-0.15, -0.1) is 0 Å². The minimum Gasteiger partial charge on any atom is -0.390 e. The van der Waals surface area contributed by atoms with Crippen LogP contribution in [0, 0.1) is 11.8 Å². The molecule has 2 rings (SSSR count). The maximum Gasteiger partial charge on any atom is 0.0833 e. The van der Waals surface area contributed by atoms with Gasteiger partial charge in [0.05, 0.1) is 12.2 Å². The molecule has 2 saturated carbocycles. The summed E-state index contributed by atoms with van der Waals surface area (Å²) in [6, 6.07) is 0. The van der Waals surface area contributed by atoms with Crippen LogP contribution < -0.4 is 0 Å². The van der Waals surface area contributed by atoms with Crippen molar-refractivity contribution >= 4 is 0 Å². The van der Waals surface area contributed by atoms with Crippen LogP contribution >= 0.6 is 0 Å². The monoisotopic (exact) mass is 100 g/mol. The van der Waals surface area contributed by atoms with Crippen LogP contribution in [0.5, 0.6) is 0 Å². The molecule has 0 aromatic rings. The molecule has 2 aliphatic carbocycles. The highest BCUT2D eigenvalue weighted by Crippen LogP contribution is 2.55. The van der Waals surface area contributed by atoms with Gasteiger partial charge in [0.15, 0.2) is 0 Å². The van der Waals surface area contributed by atoms with Crippen LogP contribution in [0.15, 0.2) is 0 Å². The zero-order valence-corrected chi connectivity index (χ0v) is 3.91. The van der Waals surface area contributed by atoms with Gasteiger partial charge in [-0.3, -0.25) is 0 Å². The molecule has 0 radical (unpaired) electrons. The Bertz CT molecular complexity index is 90.3. The van der Waals surface area contributed by atoms with Gasteiger partial charge in [-0.25, -0.2) is 0 Å². The minimum absolute atomic E-state index is 0.370. The molecule has 0 aromatic carbocycles. The third-order valence-corrected chi connectivity index (χ3v) is 2.12. The summed E-state index contributed by atoms with van der Waals surface area (Å²) in [6.45, 7) is 0. The Morgan fingerprint density at radius 3 is 1.57 bits per heavy atom. The molecule has 2 aliphatic rings. The van der Waals surface area contributed by atoms with E-state index in [0.717, 1.165) is 6.42 Å². The van der Waals surface area contributed by atoms with E-state index in [2.05, 4.69) is 0 Å². The first kappa shape index (κ1) is 3.87. The molecule has 2 fully saturated rings.